The number of hydrogen-bond acceptors (Lipinski definition) is 10. The van der Waals surface area contributed by atoms with E-state index in [0.29, 0.717) is 17.4 Å². The highest BCUT2D eigenvalue weighted by molar-refractivity contribution is 7.92. The number of benzene rings is 2. The summed E-state index contributed by atoms with van der Waals surface area (Å²) in [5, 5.41) is 17.2. The Balaban J connectivity index is 0.00000131. The topological polar surface area (TPSA) is 307 Å². The highest BCUT2D eigenvalue weighted by atomic mass is 32.2. The molecule has 0 bridgehead atoms. The van der Waals surface area contributed by atoms with Crippen molar-refractivity contribution in [1.29, 1.82) is 5.26 Å². The summed E-state index contributed by atoms with van der Waals surface area (Å²) in [6, 6.07) is 4.33. The number of fused-ring (bicyclic) bond motifs is 1. The summed E-state index contributed by atoms with van der Waals surface area (Å²) in [7, 11) is -9.46. The van der Waals surface area contributed by atoms with E-state index in [1.54, 1.807) is 6.07 Å². The number of aryl methyl sites for hydroxylation is 1. The summed E-state index contributed by atoms with van der Waals surface area (Å²) in [5.74, 6) is -7.92. The maximum absolute atomic E-state index is 16.1. The number of carbonyl (C=O) groups is 1. The van der Waals surface area contributed by atoms with Crippen LogP contribution in [0.25, 0.3) is 10.1 Å². The number of carboxylic acids is 1. The van der Waals surface area contributed by atoms with Crippen molar-refractivity contribution in [2.45, 2.75) is 36.6 Å². The van der Waals surface area contributed by atoms with E-state index in [1.165, 1.54) is 6.92 Å². The lowest BCUT2D eigenvalue weighted by Gasteiger charge is -2.15. The number of nitriles is 1. The van der Waals surface area contributed by atoms with Gasteiger partial charge in [0.2, 0.25) is 11.5 Å². The summed E-state index contributed by atoms with van der Waals surface area (Å²) >= 11 is 0.380. The van der Waals surface area contributed by atoms with Crippen molar-refractivity contribution in [2.24, 2.45) is 22.9 Å². The second-order valence-electron chi connectivity index (χ2n) is 10.5. The van der Waals surface area contributed by atoms with Crippen LogP contribution in [-0.4, -0.2) is 70.0 Å². The minimum absolute atomic E-state index is 0.0443. The lowest BCUT2D eigenvalue weighted by molar-refractivity contribution is -0.460. The highest BCUT2D eigenvalue weighted by Crippen LogP contribution is 2.47. The molecule has 0 spiro atoms. The number of carbonyl (C=O) groups excluding carboxylic acids is 1. The monoisotopic (exact) mass is 835 g/mol. The van der Waals surface area contributed by atoms with Crippen molar-refractivity contribution in [3.63, 3.8) is 0 Å². The van der Waals surface area contributed by atoms with E-state index < -0.39 is 79.7 Å². The number of nitrogens with two attached hydrogens (primary N) is 4. The third kappa shape index (κ3) is 12.8. The molecule has 3 rings (SSSR count). The molecule has 0 amide bonds. The van der Waals surface area contributed by atoms with Crippen LogP contribution in [0.5, 0.6) is 17.2 Å². The SMILES string of the molecule is CCc1c(S(=O)(=O)NCP(=O)(O)Oc2ccc(C#N)c(F)c2)sc2c(F)c(OCCC[NH+]=C(N)N)c(OCCC[NH+]=C(N)N)c(F)c12.O=C([O-])C(F)(F)F. The third-order valence-corrected chi connectivity index (χ3v) is 10.8. The Morgan fingerprint density at radius 3 is 2.00 bits per heavy atom. The second-order valence-corrected chi connectivity index (χ2v) is 15.2. The zero-order chi connectivity index (χ0) is 41.0. The summed E-state index contributed by atoms with van der Waals surface area (Å²) in [6.45, 7) is 1.74. The van der Waals surface area contributed by atoms with Crippen molar-refractivity contribution in [2.75, 3.05) is 32.6 Å². The lowest BCUT2D eigenvalue weighted by atomic mass is 10.1. The molecule has 1 aromatic heterocycles. The predicted octanol–water partition coefficient (Wildman–Crippen LogP) is -2.20. The van der Waals surface area contributed by atoms with Crippen LogP contribution in [-0.2, 0) is 25.8 Å². The van der Waals surface area contributed by atoms with Crippen molar-refractivity contribution >= 4 is 56.9 Å². The average molecular weight is 836 g/mol. The molecule has 2 aromatic carbocycles. The fourth-order valence-corrected chi connectivity index (χ4v) is 8.53. The Bertz CT molecular complexity index is 2090. The molecule has 0 aliphatic rings. The van der Waals surface area contributed by atoms with E-state index in [-0.39, 0.29) is 74.0 Å². The Morgan fingerprint density at radius 1 is 1.04 bits per heavy atom. The predicted molar refractivity (Wildman–Crippen MR) is 178 cm³/mol. The van der Waals surface area contributed by atoms with Crippen LogP contribution in [0.2, 0.25) is 0 Å². The number of thiophene rings is 1. The Labute approximate surface area is 306 Å². The minimum Gasteiger partial charge on any atom is -0.542 e. The van der Waals surface area contributed by atoms with Gasteiger partial charge < -0.3 is 28.8 Å². The molecular weight excluding hydrogens is 801 g/mol. The molecule has 54 heavy (non-hydrogen) atoms. The van der Waals surface area contributed by atoms with Gasteiger partial charge in [-0.3, -0.25) is 32.9 Å². The largest absolute Gasteiger partial charge is 0.542 e. The molecule has 12 N–H and O–H groups in total. The van der Waals surface area contributed by atoms with Crippen LogP contribution in [0.15, 0.2) is 22.4 Å². The van der Waals surface area contributed by atoms with Crippen LogP contribution in [0.3, 0.4) is 0 Å². The van der Waals surface area contributed by atoms with E-state index in [1.807, 2.05) is 4.72 Å². The number of ether oxygens (including phenoxy) is 2. The van der Waals surface area contributed by atoms with Gasteiger partial charge in [0.05, 0.1) is 36.6 Å². The highest BCUT2D eigenvalue weighted by Gasteiger charge is 2.34. The molecule has 0 aliphatic carbocycles. The molecular formula is C28H34F6N8O9PS2+. The smallest absolute Gasteiger partial charge is 0.430 e. The first kappa shape index (κ1) is 45.1. The van der Waals surface area contributed by atoms with Gasteiger partial charge in [-0.1, -0.05) is 6.92 Å². The molecule has 1 atom stereocenters. The number of carboxylic acid groups (broad SMARTS) is 1. The second kappa shape index (κ2) is 19.3. The van der Waals surface area contributed by atoms with Gasteiger partial charge in [0.25, 0.3) is 10.0 Å². The first-order valence-electron chi connectivity index (χ1n) is 15.0. The van der Waals surface area contributed by atoms with E-state index in [9.17, 15) is 35.4 Å². The Hall–Kier alpha value is -5.02. The van der Waals surface area contributed by atoms with Crippen molar-refractivity contribution in [3.05, 3.63) is 46.8 Å². The molecule has 0 radical (unpaired) electrons. The van der Waals surface area contributed by atoms with Gasteiger partial charge in [-0.15, -0.1) is 11.3 Å². The lowest BCUT2D eigenvalue weighted by Crippen LogP contribution is -2.78. The number of hydrogen-bond donors (Lipinski definition) is 8. The average Bonchev–Trinajstić information content (AvgIpc) is 3.48. The van der Waals surface area contributed by atoms with E-state index >= 15 is 8.78 Å². The van der Waals surface area contributed by atoms with Gasteiger partial charge in [0.15, 0.2) is 11.6 Å². The normalized spacial score (nSPS) is 12.4. The van der Waals surface area contributed by atoms with Gasteiger partial charge in [-0.2, -0.15) is 23.2 Å². The first-order chi connectivity index (χ1) is 25.1. The molecule has 0 aliphatic heterocycles. The number of nitrogens with one attached hydrogen (secondary N) is 3. The maximum Gasteiger partial charge on any atom is 0.430 e. The van der Waals surface area contributed by atoms with Gasteiger partial charge in [0, 0.05) is 24.3 Å². The summed E-state index contributed by atoms with van der Waals surface area (Å²) < 4.78 is 134. The number of nitrogens with zero attached hydrogens (tertiary/aromatic N) is 1. The Morgan fingerprint density at radius 2 is 1.56 bits per heavy atom. The van der Waals surface area contributed by atoms with E-state index in [0.717, 1.165) is 12.1 Å². The zero-order valence-electron chi connectivity index (χ0n) is 27.9. The molecule has 0 fully saturated rings. The quantitative estimate of drug-likeness (QED) is 0.0235. The molecule has 3 aromatic rings. The Kier molecular flexibility index (Phi) is 16.2. The summed E-state index contributed by atoms with van der Waals surface area (Å²) in [5.41, 5.74) is 20.9. The van der Waals surface area contributed by atoms with Crippen molar-refractivity contribution in [1.82, 2.24) is 4.72 Å². The summed E-state index contributed by atoms with van der Waals surface area (Å²) in [6.07, 6.45) is -5.95. The van der Waals surface area contributed by atoms with E-state index in [4.69, 9.17) is 52.1 Å². The number of aliphatic carboxylic acids is 1. The molecule has 298 valence electrons. The van der Waals surface area contributed by atoms with Gasteiger partial charge in [-0.05, 0) is 24.1 Å². The van der Waals surface area contributed by atoms with Crippen LogP contribution in [0, 0.1) is 28.8 Å². The number of sulfonamides is 1. The van der Waals surface area contributed by atoms with Gasteiger partial charge >= 0.3 is 25.7 Å². The maximum atomic E-state index is 16.1. The van der Waals surface area contributed by atoms with Crippen molar-refractivity contribution < 1.29 is 78.1 Å². The fourth-order valence-electron chi connectivity index (χ4n) is 4.07. The zero-order valence-corrected chi connectivity index (χ0v) is 30.4. The molecule has 26 heteroatoms. The van der Waals surface area contributed by atoms with Crippen LogP contribution in [0.1, 0.15) is 30.9 Å². The molecule has 17 nitrogen and oxygen atoms in total. The van der Waals surface area contributed by atoms with Crippen molar-refractivity contribution in [3.8, 4) is 23.3 Å². The fraction of sp³-hybridized carbons (Fsp3) is 0.357. The first-order valence-corrected chi connectivity index (χ1v) is 19.1. The van der Waals surface area contributed by atoms with Crippen LogP contribution < -0.4 is 56.7 Å². The molecule has 0 saturated carbocycles. The van der Waals surface area contributed by atoms with Crippen LogP contribution in [0.4, 0.5) is 26.3 Å². The minimum atomic E-state index is -5.19. The molecule has 1 heterocycles. The standard InChI is InChI=1S/C26H32F3N8O7PS2.C2HF3O2/c1-2-16-18-19(28)21(42-9-3-7-35-25(31)32)22(43-10-4-8-36-26(33)34)20(29)23(18)46-24(16)47(40,41)37-13-45(38,39)44-15-6-5-14(12-30)17(27)11-15;3-2(4,5)1(6)7/h5-6,11,37H,2-4,7-10,13H2,1H3,(H,38,39)(H4,31,32,35)(H4,33,34,36);(H,6,7)/p+1. The number of rotatable bonds is 17. The number of halogens is 6. The van der Waals surface area contributed by atoms with Gasteiger partial charge in [-0.25, -0.2) is 26.2 Å². The number of guanidine groups is 2. The van der Waals surface area contributed by atoms with Gasteiger partial charge in [0.1, 0.15) is 34.1 Å². The van der Waals surface area contributed by atoms with Crippen LogP contribution >= 0.6 is 18.9 Å². The summed E-state index contributed by atoms with van der Waals surface area (Å²) in [4.78, 5) is 24.4. The van der Waals surface area contributed by atoms with E-state index in [2.05, 4.69) is 9.98 Å². The molecule has 0 saturated heterocycles. The molecule has 1 unspecified atom stereocenters. The third-order valence-electron chi connectivity index (χ3n) is 6.38. The number of alkyl halides is 3.